The van der Waals surface area contributed by atoms with Crippen LogP contribution in [0.3, 0.4) is 0 Å². The van der Waals surface area contributed by atoms with Gasteiger partial charge in [0.15, 0.2) is 11.5 Å². The quantitative estimate of drug-likeness (QED) is 0.899. The lowest BCUT2D eigenvalue weighted by molar-refractivity contribution is 0.173. The Morgan fingerprint density at radius 3 is 2.55 bits per heavy atom. The SMILES string of the molecule is CC1CCN(Cc2ccc3c(c2)OCO3)CCC(C)N1. The van der Waals surface area contributed by atoms with Crippen molar-refractivity contribution in [1.29, 1.82) is 0 Å². The zero-order chi connectivity index (χ0) is 13.9. The molecule has 2 aliphatic rings. The molecule has 4 nitrogen and oxygen atoms in total. The van der Waals surface area contributed by atoms with Crippen LogP contribution < -0.4 is 14.8 Å². The minimum Gasteiger partial charge on any atom is -0.454 e. The van der Waals surface area contributed by atoms with E-state index < -0.39 is 0 Å². The summed E-state index contributed by atoms with van der Waals surface area (Å²) in [7, 11) is 0. The minimum atomic E-state index is 0.350. The Labute approximate surface area is 121 Å². The Hall–Kier alpha value is -1.26. The number of hydrogen-bond donors (Lipinski definition) is 1. The van der Waals surface area contributed by atoms with Gasteiger partial charge >= 0.3 is 0 Å². The lowest BCUT2D eigenvalue weighted by Crippen LogP contribution is -2.42. The van der Waals surface area contributed by atoms with Gasteiger partial charge in [-0.25, -0.2) is 0 Å². The largest absolute Gasteiger partial charge is 0.454 e. The Balaban J connectivity index is 1.64. The standard InChI is InChI=1S/C16H24N2O2/c1-12-5-7-18(8-6-13(2)17-12)10-14-3-4-15-16(9-14)20-11-19-15/h3-4,9,12-13,17H,5-8,10-11H2,1-2H3. The zero-order valence-electron chi connectivity index (χ0n) is 12.4. The van der Waals surface area contributed by atoms with E-state index in [-0.39, 0.29) is 0 Å². The molecule has 0 amide bonds. The van der Waals surface area contributed by atoms with Crippen molar-refractivity contribution >= 4 is 0 Å². The lowest BCUT2D eigenvalue weighted by Gasteiger charge is -2.30. The van der Waals surface area contributed by atoms with Crippen LogP contribution in [0.1, 0.15) is 32.3 Å². The summed E-state index contributed by atoms with van der Waals surface area (Å²) in [5.74, 6) is 1.76. The molecule has 0 saturated carbocycles. The van der Waals surface area contributed by atoms with E-state index in [2.05, 4.69) is 36.2 Å². The summed E-state index contributed by atoms with van der Waals surface area (Å²) in [6.07, 6.45) is 2.41. The number of rotatable bonds is 2. The molecule has 0 spiro atoms. The normalized spacial score (nSPS) is 27.1. The van der Waals surface area contributed by atoms with Gasteiger partial charge in [0.25, 0.3) is 0 Å². The van der Waals surface area contributed by atoms with Crippen LogP contribution in [0.5, 0.6) is 11.5 Å². The Kier molecular flexibility index (Phi) is 4.13. The van der Waals surface area contributed by atoms with Crippen LogP contribution in [-0.4, -0.2) is 36.9 Å². The van der Waals surface area contributed by atoms with E-state index in [1.54, 1.807) is 0 Å². The molecule has 2 heterocycles. The second-order valence-electron chi connectivity index (χ2n) is 6.01. The monoisotopic (exact) mass is 276 g/mol. The molecule has 1 fully saturated rings. The van der Waals surface area contributed by atoms with Crippen molar-refractivity contribution in [2.75, 3.05) is 19.9 Å². The molecular formula is C16H24N2O2. The summed E-state index contributed by atoms with van der Waals surface area (Å²) in [4.78, 5) is 2.55. The molecule has 2 unspecified atom stereocenters. The third kappa shape index (κ3) is 3.25. The van der Waals surface area contributed by atoms with E-state index in [9.17, 15) is 0 Å². The summed E-state index contributed by atoms with van der Waals surface area (Å²) in [5.41, 5.74) is 1.31. The van der Waals surface area contributed by atoms with E-state index in [4.69, 9.17) is 9.47 Å². The fourth-order valence-electron chi connectivity index (χ4n) is 2.97. The molecule has 0 radical (unpaired) electrons. The van der Waals surface area contributed by atoms with E-state index in [0.29, 0.717) is 18.9 Å². The highest BCUT2D eigenvalue weighted by Crippen LogP contribution is 2.32. The average Bonchev–Trinajstić information content (AvgIpc) is 2.87. The molecule has 1 saturated heterocycles. The van der Waals surface area contributed by atoms with Crippen molar-refractivity contribution < 1.29 is 9.47 Å². The van der Waals surface area contributed by atoms with Crippen LogP contribution in [0.15, 0.2) is 18.2 Å². The van der Waals surface area contributed by atoms with Crippen LogP contribution in [0.2, 0.25) is 0 Å². The van der Waals surface area contributed by atoms with Gasteiger partial charge in [0.1, 0.15) is 0 Å². The molecule has 0 aliphatic carbocycles. The summed E-state index contributed by atoms with van der Waals surface area (Å²) in [6, 6.07) is 7.49. The first-order valence-electron chi connectivity index (χ1n) is 7.57. The van der Waals surface area contributed by atoms with Crippen molar-refractivity contribution in [2.45, 2.75) is 45.3 Å². The molecule has 1 aromatic rings. The Morgan fingerprint density at radius 2 is 1.80 bits per heavy atom. The fourth-order valence-corrected chi connectivity index (χ4v) is 2.97. The minimum absolute atomic E-state index is 0.350. The number of benzene rings is 1. The van der Waals surface area contributed by atoms with Crippen molar-refractivity contribution in [3.8, 4) is 11.5 Å². The predicted octanol–water partition coefficient (Wildman–Crippen LogP) is 2.38. The number of fused-ring (bicyclic) bond motifs is 1. The van der Waals surface area contributed by atoms with Crippen LogP contribution in [0.25, 0.3) is 0 Å². The van der Waals surface area contributed by atoms with E-state index >= 15 is 0 Å². The first kappa shape index (κ1) is 13.7. The van der Waals surface area contributed by atoms with Crippen LogP contribution in [0, 0.1) is 0 Å². The molecule has 20 heavy (non-hydrogen) atoms. The van der Waals surface area contributed by atoms with Crippen LogP contribution in [-0.2, 0) is 6.54 Å². The van der Waals surface area contributed by atoms with Crippen molar-refractivity contribution in [1.82, 2.24) is 10.2 Å². The first-order valence-corrected chi connectivity index (χ1v) is 7.57. The van der Waals surface area contributed by atoms with E-state index in [0.717, 1.165) is 31.1 Å². The van der Waals surface area contributed by atoms with Gasteiger partial charge in [0.2, 0.25) is 6.79 Å². The molecule has 3 rings (SSSR count). The molecule has 1 aromatic carbocycles. The zero-order valence-corrected chi connectivity index (χ0v) is 12.4. The van der Waals surface area contributed by atoms with E-state index in [1.807, 2.05) is 6.07 Å². The van der Waals surface area contributed by atoms with Gasteiger partial charge in [-0.15, -0.1) is 0 Å². The first-order chi connectivity index (χ1) is 9.70. The maximum atomic E-state index is 5.46. The maximum absolute atomic E-state index is 5.46. The Bertz CT molecular complexity index is 452. The predicted molar refractivity (Wildman–Crippen MR) is 79.1 cm³/mol. The summed E-state index contributed by atoms with van der Waals surface area (Å²) in [5, 5.41) is 3.64. The van der Waals surface area contributed by atoms with Gasteiger partial charge in [-0.3, -0.25) is 4.90 Å². The molecule has 110 valence electrons. The third-order valence-corrected chi connectivity index (χ3v) is 4.17. The summed E-state index contributed by atoms with van der Waals surface area (Å²) >= 11 is 0. The highest BCUT2D eigenvalue weighted by molar-refractivity contribution is 5.44. The molecular weight excluding hydrogens is 252 g/mol. The molecule has 2 atom stereocenters. The number of nitrogens with one attached hydrogen (secondary N) is 1. The summed E-state index contributed by atoms with van der Waals surface area (Å²) < 4.78 is 10.8. The van der Waals surface area contributed by atoms with Crippen molar-refractivity contribution in [3.63, 3.8) is 0 Å². The summed E-state index contributed by atoms with van der Waals surface area (Å²) in [6.45, 7) is 8.20. The number of nitrogens with zero attached hydrogens (tertiary/aromatic N) is 1. The van der Waals surface area contributed by atoms with E-state index in [1.165, 1.54) is 18.4 Å². The van der Waals surface area contributed by atoms with Crippen LogP contribution in [0.4, 0.5) is 0 Å². The van der Waals surface area contributed by atoms with Gasteiger partial charge in [-0.2, -0.15) is 0 Å². The van der Waals surface area contributed by atoms with Gasteiger partial charge in [0, 0.05) is 18.6 Å². The van der Waals surface area contributed by atoms with Gasteiger partial charge < -0.3 is 14.8 Å². The van der Waals surface area contributed by atoms with Crippen molar-refractivity contribution in [2.24, 2.45) is 0 Å². The maximum Gasteiger partial charge on any atom is 0.231 e. The third-order valence-electron chi connectivity index (χ3n) is 4.17. The second kappa shape index (κ2) is 6.02. The molecule has 4 heteroatoms. The number of ether oxygens (including phenoxy) is 2. The Morgan fingerprint density at radius 1 is 1.10 bits per heavy atom. The topological polar surface area (TPSA) is 33.7 Å². The van der Waals surface area contributed by atoms with Crippen LogP contribution >= 0.6 is 0 Å². The fraction of sp³-hybridized carbons (Fsp3) is 0.625. The highest BCUT2D eigenvalue weighted by atomic mass is 16.7. The van der Waals surface area contributed by atoms with Gasteiger partial charge in [0.05, 0.1) is 0 Å². The smallest absolute Gasteiger partial charge is 0.231 e. The molecule has 0 aromatic heterocycles. The van der Waals surface area contributed by atoms with Gasteiger partial charge in [-0.1, -0.05) is 6.07 Å². The number of hydrogen-bond acceptors (Lipinski definition) is 4. The molecule has 1 N–H and O–H groups in total. The second-order valence-corrected chi connectivity index (χ2v) is 6.01. The van der Waals surface area contributed by atoms with Crippen molar-refractivity contribution in [3.05, 3.63) is 23.8 Å². The highest BCUT2D eigenvalue weighted by Gasteiger charge is 2.18. The molecule has 0 bridgehead atoms. The average molecular weight is 276 g/mol. The molecule has 2 aliphatic heterocycles. The van der Waals surface area contributed by atoms with Gasteiger partial charge in [-0.05, 0) is 57.5 Å². The lowest BCUT2D eigenvalue weighted by atomic mass is 10.1.